The highest BCUT2D eigenvalue weighted by Crippen LogP contribution is 2.28. The molecule has 2 heterocycles. The zero-order valence-electron chi connectivity index (χ0n) is 10.8. The van der Waals surface area contributed by atoms with Gasteiger partial charge in [0.25, 0.3) is 5.89 Å². The number of aromatic nitrogens is 2. The Balaban J connectivity index is 1.75. The van der Waals surface area contributed by atoms with E-state index in [0.717, 1.165) is 11.0 Å². The highest BCUT2D eigenvalue weighted by atomic mass is 19.1. The largest absolute Gasteiger partial charge is 0.451 e. The summed E-state index contributed by atoms with van der Waals surface area (Å²) in [5.41, 5.74) is 1.42. The maximum atomic E-state index is 12.9. The van der Waals surface area contributed by atoms with Crippen LogP contribution in [-0.2, 0) is 0 Å². The molecule has 0 N–H and O–H groups in total. The van der Waals surface area contributed by atoms with E-state index in [4.69, 9.17) is 8.83 Å². The maximum absolute atomic E-state index is 12.9. The molecule has 4 nitrogen and oxygen atoms in total. The van der Waals surface area contributed by atoms with Gasteiger partial charge in [-0.3, -0.25) is 0 Å². The minimum absolute atomic E-state index is 0.297. The molecule has 2 aromatic heterocycles. The van der Waals surface area contributed by atoms with Gasteiger partial charge < -0.3 is 8.83 Å². The molecule has 0 bridgehead atoms. The summed E-state index contributed by atoms with van der Waals surface area (Å²) in [5.74, 6) is 0.823. The van der Waals surface area contributed by atoms with Gasteiger partial charge in [-0.15, -0.1) is 10.2 Å². The van der Waals surface area contributed by atoms with Crippen molar-refractivity contribution in [2.75, 3.05) is 0 Å². The molecule has 102 valence electrons. The average Bonchev–Trinajstić information content (AvgIpc) is 3.14. The lowest BCUT2D eigenvalue weighted by atomic mass is 10.2. The van der Waals surface area contributed by atoms with Gasteiger partial charge in [-0.1, -0.05) is 18.2 Å². The van der Waals surface area contributed by atoms with Gasteiger partial charge in [0.1, 0.15) is 11.4 Å². The Morgan fingerprint density at radius 2 is 1.57 bits per heavy atom. The number of fused-ring (bicyclic) bond motifs is 1. The third-order valence-corrected chi connectivity index (χ3v) is 3.15. The van der Waals surface area contributed by atoms with Crippen LogP contribution in [0.15, 0.2) is 63.4 Å². The van der Waals surface area contributed by atoms with Crippen LogP contribution in [0.3, 0.4) is 0 Å². The zero-order chi connectivity index (χ0) is 14.2. The van der Waals surface area contributed by atoms with Crippen molar-refractivity contribution in [3.8, 4) is 23.1 Å². The van der Waals surface area contributed by atoms with Crippen LogP contribution in [0.1, 0.15) is 0 Å². The monoisotopic (exact) mass is 280 g/mol. The van der Waals surface area contributed by atoms with Crippen LogP contribution in [0, 0.1) is 5.82 Å². The van der Waals surface area contributed by atoms with Gasteiger partial charge in [-0.2, -0.15) is 0 Å². The van der Waals surface area contributed by atoms with Gasteiger partial charge in [0, 0.05) is 10.9 Å². The molecular weight excluding hydrogens is 271 g/mol. The van der Waals surface area contributed by atoms with Gasteiger partial charge in [-0.25, -0.2) is 4.39 Å². The second-order valence-corrected chi connectivity index (χ2v) is 4.57. The van der Waals surface area contributed by atoms with Crippen molar-refractivity contribution in [1.82, 2.24) is 10.2 Å². The van der Waals surface area contributed by atoms with Crippen LogP contribution in [-0.4, -0.2) is 10.2 Å². The molecule has 21 heavy (non-hydrogen) atoms. The lowest BCUT2D eigenvalue weighted by Crippen LogP contribution is -1.78. The molecule has 0 aliphatic rings. The van der Waals surface area contributed by atoms with Crippen molar-refractivity contribution in [3.05, 3.63) is 60.4 Å². The Kier molecular flexibility index (Phi) is 2.57. The molecule has 0 radical (unpaired) electrons. The number of hydrogen-bond acceptors (Lipinski definition) is 4. The lowest BCUT2D eigenvalue weighted by Gasteiger charge is -1.93. The lowest BCUT2D eigenvalue weighted by molar-refractivity contribution is 0.541. The predicted octanol–water partition coefficient (Wildman–Crippen LogP) is 4.29. The molecule has 0 amide bonds. The molecule has 0 spiro atoms. The van der Waals surface area contributed by atoms with E-state index in [9.17, 15) is 4.39 Å². The first-order valence-corrected chi connectivity index (χ1v) is 6.38. The van der Waals surface area contributed by atoms with Crippen molar-refractivity contribution in [2.45, 2.75) is 0 Å². The first-order valence-electron chi connectivity index (χ1n) is 6.38. The Hall–Kier alpha value is -2.95. The summed E-state index contributed by atoms with van der Waals surface area (Å²) < 4.78 is 24.2. The molecule has 0 fully saturated rings. The van der Waals surface area contributed by atoms with E-state index < -0.39 is 0 Å². The third kappa shape index (κ3) is 2.08. The van der Waals surface area contributed by atoms with Gasteiger partial charge in [0.15, 0.2) is 5.76 Å². The molecular formula is C16H9FN2O2. The zero-order valence-corrected chi connectivity index (χ0v) is 10.8. The fourth-order valence-electron chi connectivity index (χ4n) is 2.12. The average molecular weight is 280 g/mol. The quantitative estimate of drug-likeness (QED) is 0.549. The third-order valence-electron chi connectivity index (χ3n) is 3.15. The smallest absolute Gasteiger partial charge is 0.283 e. The summed E-state index contributed by atoms with van der Waals surface area (Å²) in [6.07, 6.45) is 0. The van der Waals surface area contributed by atoms with Crippen molar-refractivity contribution in [2.24, 2.45) is 0 Å². The molecule has 0 aliphatic heterocycles. The van der Waals surface area contributed by atoms with Crippen LogP contribution in [0.25, 0.3) is 34.1 Å². The van der Waals surface area contributed by atoms with Gasteiger partial charge in [0.2, 0.25) is 5.89 Å². The van der Waals surface area contributed by atoms with E-state index in [0.29, 0.717) is 23.1 Å². The second-order valence-electron chi connectivity index (χ2n) is 4.57. The normalized spacial score (nSPS) is 11.1. The van der Waals surface area contributed by atoms with Crippen LogP contribution >= 0.6 is 0 Å². The van der Waals surface area contributed by atoms with Crippen LogP contribution in [0.4, 0.5) is 4.39 Å². The summed E-state index contributed by atoms with van der Waals surface area (Å²) in [4.78, 5) is 0. The fraction of sp³-hybridized carbons (Fsp3) is 0. The first-order chi connectivity index (χ1) is 10.3. The number of hydrogen-bond donors (Lipinski definition) is 0. The van der Waals surface area contributed by atoms with Gasteiger partial charge >= 0.3 is 0 Å². The number of rotatable bonds is 2. The topological polar surface area (TPSA) is 52.1 Å². The minimum atomic E-state index is -0.309. The summed E-state index contributed by atoms with van der Waals surface area (Å²) in [7, 11) is 0. The van der Waals surface area contributed by atoms with E-state index in [1.165, 1.54) is 12.1 Å². The van der Waals surface area contributed by atoms with Gasteiger partial charge in [0.05, 0.1) is 0 Å². The van der Waals surface area contributed by atoms with Crippen molar-refractivity contribution < 1.29 is 13.2 Å². The molecule has 0 atom stereocenters. The van der Waals surface area contributed by atoms with Gasteiger partial charge in [-0.05, 0) is 36.4 Å². The Labute approximate surface area is 118 Å². The molecule has 0 saturated carbocycles. The molecule has 0 saturated heterocycles. The van der Waals surface area contributed by atoms with E-state index in [-0.39, 0.29) is 5.82 Å². The second kappa shape index (κ2) is 4.56. The summed E-state index contributed by atoms with van der Waals surface area (Å²) in [6, 6.07) is 15.4. The molecule has 0 unspecified atom stereocenters. The van der Waals surface area contributed by atoms with E-state index >= 15 is 0 Å². The number of para-hydroxylation sites is 1. The fourth-order valence-corrected chi connectivity index (χ4v) is 2.12. The van der Waals surface area contributed by atoms with Crippen LogP contribution < -0.4 is 0 Å². The van der Waals surface area contributed by atoms with E-state index in [2.05, 4.69) is 10.2 Å². The molecule has 0 aliphatic carbocycles. The highest BCUT2D eigenvalue weighted by molar-refractivity contribution is 5.81. The highest BCUT2D eigenvalue weighted by Gasteiger charge is 2.14. The standard InChI is InChI=1S/C16H9FN2O2/c17-12-7-5-10(6-8-12)15-18-19-16(21-15)14-9-11-3-1-2-4-13(11)20-14/h1-9H. The minimum Gasteiger partial charge on any atom is -0.451 e. The molecule has 4 aromatic rings. The Morgan fingerprint density at radius 3 is 2.38 bits per heavy atom. The Morgan fingerprint density at radius 1 is 0.810 bits per heavy atom. The SMILES string of the molecule is Fc1ccc(-c2nnc(-c3cc4ccccc4o3)o2)cc1. The predicted molar refractivity (Wildman–Crippen MR) is 74.9 cm³/mol. The number of benzene rings is 2. The van der Waals surface area contributed by atoms with Crippen LogP contribution in [0.2, 0.25) is 0 Å². The number of nitrogens with zero attached hydrogens (tertiary/aromatic N) is 2. The van der Waals surface area contributed by atoms with Crippen LogP contribution in [0.5, 0.6) is 0 Å². The molecule has 2 aromatic carbocycles. The van der Waals surface area contributed by atoms with Crippen molar-refractivity contribution >= 4 is 11.0 Å². The van der Waals surface area contributed by atoms with Crippen molar-refractivity contribution in [3.63, 3.8) is 0 Å². The summed E-state index contributed by atoms with van der Waals surface area (Å²) >= 11 is 0. The number of halogens is 1. The first kappa shape index (κ1) is 11.8. The summed E-state index contributed by atoms with van der Waals surface area (Å²) in [5, 5.41) is 8.91. The summed E-state index contributed by atoms with van der Waals surface area (Å²) in [6.45, 7) is 0. The van der Waals surface area contributed by atoms with Crippen molar-refractivity contribution in [1.29, 1.82) is 0 Å². The van der Waals surface area contributed by atoms with E-state index in [1.54, 1.807) is 12.1 Å². The number of furan rings is 1. The maximum Gasteiger partial charge on any atom is 0.283 e. The Bertz CT molecular complexity index is 876. The molecule has 5 heteroatoms. The molecule has 4 rings (SSSR count). The van der Waals surface area contributed by atoms with E-state index in [1.807, 2.05) is 30.3 Å².